The van der Waals surface area contributed by atoms with Gasteiger partial charge in [-0.05, 0) is 54.6 Å². The Morgan fingerprint density at radius 2 is 0.802 bits per heavy atom. The molecule has 0 spiro atoms. The first-order valence-electron chi connectivity index (χ1n) is 28.0. The Morgan fingerprint density at radius 1 is 0.396 bits per heavy atom. The highest BCUT2D eigenvalue weighted by atomic mass is 16.7. The number of esters is 7. The van der Waals surface area contributed by atoms with Crippen molar-refractivity contribution >= 4 is 41.8 Å². The minimum Gasteiger partial charge on any atom is -0.504 e. The van der Waals surface area contributed by atoms with E-state index in [4.69, 9.17) is 47.4 Å². The van der Waals surface area contributed by atoms with Gasteiger partial charge in [0.15, 0.2) is 134 Å². The maximum Gasteiger partial charge on any atom is 0.342 e. The first-order chi connectivity index (χ1) is 47.5. The summed E-state index contributed by atoms with van der Waals surface area (Å²) in [5.74, 6) is -42.0. The largest absolute Gasteiger partial charge is 0.504 e. The molecule has 40 nitrogen and oxygen atoms in total. The van der Waals surface area contributed by atoms with Crippen molar-refractivity contribution in [1.82, 2.24) is 0 Å². The third-order valence-electron chi connectivity index (χ3n) is 15.2. The lowest BCUT2D eigenvalue weighted by Crippen LogP contribution is -2.62. The van der Waals surface area contributed by atoms with E-state index in [1.807, 2.05) is 0 Å². The molecule has 2 saturated heterocycles. The van der Waals surface area contributed by atoms with Crippen molar-refractivity contribution in [3.8, 4) is 138 Å². The second-order valence-corrected chi connectivity index (χ2v) is 21.7. The maximum absolute atomic E-state index is 15.0. The molecule has 40 heteroatoms. The normalized spacial score (nSPS) is 20.9. The van der Waals surface area contributed by atoms with E-state index in [0.29, 0.717) is 60.7 Å². The van der Waals surface area contributed by atoms with E-state index in [-0.39, 0.29) is 6.07 Å². The quantitative estimate of drug-likeness (QED) is 0.0431. The fourth-order valence-electron chi connectivity index (χ4n) is 10.2. The third-order valence-corrected chi connectivity index (χ3v) is 15.2. The summed E-state index contributed by atoms with van der Waals surface area (Å²) in [6, 6.07) is 4.93. The van der Waals surface area contributed by atoms with Crippen LogP contribution >= 0.6 is 0 Å². The SMILES string of the molecule is O=C(OCC1OC(O)C(OC(=O)c2cc(O)c(O)c(O)c2)C(OC(=O)c2cc(O)c(O)c(O)c2)C1OC(=O)c1cc(O)c(O)c(O)c1Oc1cc2c(c(O)c1O)-c1c(cc(O)c(O)c1O)C(=O)OC1C(COC2=O)OC(OC(=O)c2cc(O)c(O)c(O)c2)C(O)C1O)c1cc(O)c(O)c(O)c1. The zero-order valence-electron chi connectivity index (χ0n) is 49.8. The van der Waals surface area contributed by atoms with Crippen molar-refractivity contribution in [2.45, 2.75) is 61.4 Å². The van der Waals surface area contributed by atoms with Gasteiger partial charge in [0.25, 0.3) is 0 Å². The first kappa shape index (κ1) is 70.2. The fourth-order valence-corrected chi connectivity index (χ4v) is 10.2. The molecule has 0 aliphatic carbocycles. The summed E-state index contributed by atoms with van der Waals surface area (Å²) in [5.41, 5.74) is -9.77. The van der Waals surface area contributed by atoms with Crippen LogP contribution in [-0.2, 0) is 42.6 Å². The van der Waals surface area contributed by atoms with Crippen molar-refractivity contribution in [2.75, 3.05) is 13.2 Å². The average molecular weight is 1420 g/mol. The van der Waals surface area contributed by atoms with Crippen molar-refractivity contribution < 1.29 is 198 Å². The maximum atomic E-state index is 15.0. The molecule has 3 aliphatic heterocycles. The predicted molar refractivity (Wildman–Crippen MR) is 312 cm³/mol. The van der Waals surface area contributed by atoms with Crippen molar-refractivity contribution in [3.05, 3.63) is 106 Å². The zero-order valence-corrected chi connectivity index (χ0v) is 49.8. The molecule has 23 N–H and O–H groups in total. The summed E-state index contributed by atoms with van der Waals surface area (Å²) in [6.07, 6.45) is -24.9. The van der Waals surface area contributed by atoms with E-state index in [0.717, 1.165) is 0 Å². The van der Waals surface area contributed by atoms with E-state index in [2.05, 4.69) is 0 Å². The molecule has 0 saturated carbocycles. The van der Waals surface area contributed by atoms with E-state index in [9.17, 15) is 146 Å². The van der Waals surface area contributed by atoms with Crippen LogP contribution in [0.3, 0.4) is 0 Å². The lowest BCUT2D eigenvalue weighted by molar-refractivity contribution is -0.284. The summed E-state index contributed by atoms with van der Waals surface area (Å²) in [6.45, 7) is -2.73. The minimum atomic E-state index is -2.74. The van der Waals surface area contributed by atoms with Gasteiger partial charge >= 0.3 is 41.8 Å². The molecule has 7 aromatic carbocycles. The van der Waals surface area contributed by atoms with Crippen LogP contribution in [0, 0.1) is 0 Å². The average Bonchev–Trinajstić information content (AvgIpc) is 1.60. The number of phenols is 20. The van der Waals surface area contributed by atoms with Gasteiger partial charge in [-0.3, -0.25) is 0 Å². The molecule has 10 atom stereocenters. The molecule has 7 aromatic rings. The highest BCUT2D eigenvalue weighted by molar-refractivity contribution is 6.09. The van der Waals surface area contributed by atoms with Crippen LogP contribution < -0.4 is 4.74 Å². The summed E-state index contributed by atoms with van der Waals surface area (Å²) >= 11 is 0. The fraction of sp³-hybridized carbons (Fsp3) is 0.197. The number of hydrogen-bond acceptors (Lipinski definition) is 40. The molecule has 532 valence electrons. The Hall–Kier alpha value is -13.6. The molecule has 10 unspecified atom stereocenters. The molecule has 0 aromatic heterocycles. The number of aliphatic hydroxyl groups is 3. The lowest BCUT2D eigenvalue weighted by Gasteiger charge is -2.42. The third kappa shape index (κ3) is 13.2. The second kappa shape index (κ2) is 26.8. The number of fused-ring (bicyclic) bond motifs is 4. The van der Waals surface area contributed by atoms with Gasteiger partial charge in [-0.25, -0.2) is 33.6 Å². The minimum absolute atomic E-state index is 0.189. The Labute approximate surface area is 556 Å². The highest BCUT2D eigenvalue weighted by Gasteiger charge is 2.54. The zero-order chi connectivity index (χ0) is 74.0. The van der Waals surface area contributed by atoms with Crippen LogP contribution in [0.15, 0.2) is 66.7 Å². The van der Waals surface area contributed by atoms with Crippen LogP contribution in [0.1, 0.15) is 72.5 Å². The molecule has 3 aliphatic rings. The molecule has 3 heterocycles. The number of rotatable bonds is 13. The Balaban J connectivity index is 1.07. The molecule has 0 bridgehead atoms. The van der Waals surface area contributed by atoms with E-state index in [1.54, 1.807) is 0 Å². The number of aliphatic hydroxyl groups excluding tert-OH is 3. The number of phenolic OH excluding ortho intramolecular Hbond substituents is 20. The number of carbonyl (C=O) groups is 7. The highest BCUT2D eigenvalue weighted by Crippen LogP contribution is 2.56. The van der Waals surface area contributed by atoms with Crippen LogP contribution in [-0.4, -0.2) is 234 Å². The lowest BCUT2D eigenvalue weighted by atomic mass is 9.91. The van der Waals surface area contributed by atoms with Gasteiger partial charge in [-0.1, -0.05) is 0 Å². The van der Waals surface area contributed by atoms with E-state index in [1.165, 1.54) is 0 Å². The van der Waals surface area contributed by atoms with Crippen LogP contribution in [0.25, 0.3) is 11.1 Å². The van der Waals surface area contributed by atoms with Gasteiger partial charge in [0.05, 0.1) is 33.4 Å². The van der Waals surface area contributed by atoms with E-state index < -0.39 is 293 Å². The van der Waals surface area contributed by atoms with Gasteiger partial charge < -0.3 is 165 Å². The molecule has 0 radical (unpaired) electrons. The van der Waals surface area contributed by atoms with Gasteiger partial charge in [0, 0.05) is 23.3 Å². The van der Waals surface area contributed by atoms with Crippen LogP contribution in [0.5, 0.6) is 126 Å². The standard InChI is InChI=1S/C61H48O40/c62-21-1-14(2-22(63)36(21)72)53(84)92-13-33-50(51(99-54(85)15-3-23(64)37(73)24(65)4-15)52(60(91)95-33)100-55(86)16-5-25(66)38(74)26(67)6-16)98-59(90)20-10-30(71)41(77)45(81)48(20)94-31-11-19-35(44(80)42(31)78)34-18(9-29(70)40(76)43(34)79)58(89)97-49-32(12-93-57(19)88)96-61(47(83)46(49)82)101-56(87)17-7-27(68)39(75)28(69)8-17/h1-11,32-33,46-47,49-52,60-83,91H,12-13H2. The summed E-state index contributed by atoms with van der Waals surface area (Å²) in [4.78, 5) is 98.5. The van der Waals surface area contributed by atoms with E-state index >= 15 is 4.79 Å². The molecule has 101 heavy (non-hydrogen) atoms. The summed E-state index contributed by atoms with van der Waals surface area (Å²) in [7, 11) is 0. The Kier molecular flexibility index (Phi) is 18.6. The van der Waals surface area contributed by atoms with Crippen molar-refractivity contribution in [3.63, 3.8) is 0 Å². The molecule has 10 rings (SSSR count). The van der Waals surface area contributed by atoms with Crippen LogP contribution in [0.4, 0.5) is 0 Å². The smallest absolute Gasteiger partial charge is 0.342 e. The first-order valence-corrected chi connectivity index (χ1v) is 28.0. The predicted octanol–water partition coefficient (Wildman–Crippen LogP) is 0.808. The topological polar surface area (TPSA) is 677 Å². The number of aromatic hydroxyl groups is 20. The van der Waals surface area contributed by atoms with Gasteiger partial charge in [-0.15, -0.1) is 0 Å². The van der Waals surface area contributed by atoms with Crippen molar-refractivity contribution in [2.24, 2.45) is 0 Å². The second-order valence-electron chi connectivity index (χ2n) is 21.7. The van der Waals surface area contributed by atoms with Crippen molar-refractivity contribution in [1.29, 1.82) is 0 Å². The van der Waals surface area contributed by atoms with Gasteiger partial charge in [0.1, 0.15) is 43.2 Å². The molecule has 2 fully saturated rings. The summed E-state index contributed by atoms with van der Waals surface area (Å²) < 4.78 is 54.6. The Morgan fingerprint density at radius 3 is 1.30 bits per heavy atom. The Bertz CT molecular complexity index is 4530. The number of benzene rings is 7. The molecular formula is C61H48O40. The number of carbonyl (C=O) groups excluding carboxylic acids is 7. The molecule has 0 amide bonds. The van der Waals surface area contributed by atoms with Gasteiger partial charge in [0.2, 0.25) is 29.3 Å². The van der Waals surface area contributed by atoms with Gasteiger partial charge in [-0.2, -0.15) is 0 Å². The monoisotopic (exact) mass is 1420 g/mol. The summed E-state index contributed by atoms with van der Waals surface area (Å²) in [5, 5.41) is 245. The number of ether oxygens (including phenoxy) is 10. The van der Waals surface area contributed by atoms with Crippen LogP contribution in [0.2, 0.25) is 0 Å². The molecular weight excluding hydrogens is 1370 g/mol. The number of hydrogen-bond donors (Lipinski definition) is 23. The number of cyclic esters (lactones) is 1.